The van der Waals surface area contributed by atoms with E-state index in [-0.39, 0.29) is 11.5 Å². The molecule has 0 bridgehead atoms. The molecule has 0 radical (unpaired) electrons. The molecule has 14 heavy (non-hydrogen) atoms. The molecule has 0 aliphatic heterocycles. The molecule has 0 spiro atoms. The molecule has 1 rings (SSSR count). The third-order valence-corrected chi connectivity index (χ3v) is 2.31. The fourth-order valence-electron chi connectivity index (χ4n) is 0.869. The number of carbonyl (C=O) groups is 1. The Bertz CT molecular complexity index is 375. The van der Waals surface area contributed by atoms with Gasteiger partial charge in [-0.05, 0) is 46.4 Å². The Hall–Kier alpha value is -1.24. The van der Waals surface area contributed by atoms with Crippen LogP contribution in [-0.2, 0) is 4.79 Å². The molecule has 0 heterocycles. The van der Waals surface area contributed by atoms with Gasteiger partial charge in [0, 0.05) is 6.08 Å². The Balaban J connectivity index is 3.07. The van der Waals surface area contributed by atoms with Crippen LogP contribution in [0.3, 0.4) is 0 Å². The number of aliphatic carboxylic acids is 1. The fourth-order valence-corrected chi connectivity index (χ4v) is 1.50. The normalized spacial score (nSPS) is 10.6. The van der Waals surface area contributed by atoms with Crippen LogP contribution in [0.25, 0.3) is 6.08 Å². The van der Waals surface area contributed by atoms with E-state index >= 15 is 0 Å². The molecule has 0 fully saturated rings. The molecule has 0 aliphatic rings. The molecule has 0 unspecified atom stereocenters. The smallest absolute Gasteiger partial charge is 0.328 e. The summed E-state index contributed by atoms with van der Waals surface area (Å²) in [6.45, 7) is 0. The van der Waals surface area contributed by atoms with Crippen molar-refractivity contribution in [3.8, 4) is 11.5 Å². The predicted molar refractivity (Wildman–Crippen MR) is 59.2 cm³/mol. The van der Waals surface area contributed by atoms with E-state index in [1.54, 1.807) is 6.07 Å². The molecular weight excluding hydrogens is 299 g/mol. The second-order valence-electron chi connectivity index (χ2n) is 2.54. The van der Waals surface area contributed by atoms with Crippen molar-refractivity contribution in [3.05, 3.63) is 27.3 Å². The van der Waals surface area contributed by atoms with Crippen LogP contribution in [0.15, 0.2) is 18.2 Å². The highest BCUT2D eigenvalue weighted by Crippen LogP contribution is 2.31. The van der Waals surface area contributed by atoms with Crippen molar-refractivity contribution in [2.75, 3.05) is 0 Å². The van der Waals surface area contributed by atoms with E-state index in [1.165, 1.54) is 12.1 Å². The van der Waals surface area contributed by atoms with Gasteiger partial charge in [0.2, 0.25) is 0 Å². The quantitative estimate of drug-likeness (QED) is 0.442. The number of carboxylic acids is 1. The number of phenolic OH excluding ortho intramolecular Hbond substituents is 2. The lowest BCUT2D eigenvalue weighted by molar-refractivity contribution is -0.131. The van der Waals surface area contributed by atoms with Crippen LogP contribution < -0.4 is 0 Å². The molecular formula is C9H7IO4. The number of halogens is 1. The number of rotatable bonds is 2. The number of benzene rings is 1. The maximum Gasteiger partial charge on any atom is 0.328 e. The minimum absolute atomic E-state index is 0.196. The Morgan fingerprint density at radius 1 is 1.36 bits per heavy atom. The molecule has 1 aromatic carbocycles. The van der Waals surface area contributed by atoms with E-state index in [4.69, 9.17) is 5.11 Å². The van der Waals surface area contributed by atoms with Gasteiger partial charge in [-0.15, -0.1) is 0 Å². The van der Waals surface area contributed by atoms with Gasteiger partial charge in [0.1, 0.15) is 0 Å². The van der Waals surface area contributed by atoms with Crippen molar-refractivity contribution >= 4 is 34.6 Å². The summed E-state index contributed by atoms with van der Waals surface area (Å²) >= 11 is 1.84. The Labute approximate surface area is 93.6 Å². The average molecular weight is 306 g/mol. The molecule has 4 nitrogen and oxygen atoms in total. The highest BCUT2D eigenvalue weighted by atomic mass is 127. The summed E-state index contributed by atoms with van der Waals surface area (Å²) in [7, 11) is 0. The monoisotopic (exact) mass is 306 g/mol. The molecule has 5 heteroatoms. The van der Waals surface area contributed by atoms with Gasteiger partial charge in [0.15, 0.2) is 11.5 Å². The minimum atomic E-state index is -1.06. The molecule has 74 valence electrons. The van der Waals surface area contributed by atoms with Crippen LogP contribution in [0, 0.1) is 3.57 Å². The first-order chi connectivity index (χ1) is 6.50. The zero-order valence-corrected chi connectivity index (χ0v) is 9.09. The van der Waals surface area contributed by atoms with Gasteiger partial charge in [-0.3, -0.25) is 0 Å². The van der Waals surface area contributed by atoms with Crippen LogP contribution in [0.4, 0.5) is 0 Å². The Morgan fingerprint density at radius 2 is 2.00 bits per heavy atom. The number of hydrogen-bond donors (Lipinski definition) is 3. The number of hydrogen-bond acceptors (Lipinski definition) is 3. The SMILES string of the molecule is O=C(O)/C=C/c1cc(O)c(O)c(I)c1. The summed E-state index contributed by atoms with van der Waals surface area (Å²) in [5.41, 5.74) is 0.520. The van der Waals surface area contributed by atoms with Gasteiger partial charge in [-0.1, -0.05) is 0 Å². The maximum absolute atomic E-state index is 10.2. The molecule has 0 aromatic heterocycles. The van der Waals surface area contributed by atoms with Crippen molar-refractivity contribution in [3.63, 3.8) is 0 Å². The topological polar surface area (TPSA) is 77.8 Å². The molecule has 1 aromatic rings. The van der Waals surface area contributed by atoms with Gasteiger partial charge in [0.25, 0.3) is 0 Å². The standard InChI is InChI=1S/C9H7IO4/c10-6-3-5(1-2-8(12)13)4-7(11)9(6)14/h1-4,11,14H,(H,12,13)/b2-1+. The summed E-state index contributed by atoms with van der Waals surface area (Å²) in [5, 5.41) is 26.8. The van der Waals surface area contributed by atoms with Gasteiger partial charge in [-0.25, -0.2) is 4.79 Å². The van der Waals surface area contributed by atoms with Crippen LogP contribution >= 0.6 is 22.6 Å². The van der Waals surface area contributed by atoms with Crippen molar-refractivity contribution in [2.45, 2.75) is 0 Å². The molecule has 3 N–H and O–H groups in total. The van der Waals surface area contributed by atoms with Crippen LogP contribution in [0.1, 0.15) is 5.56 Å². The maximum atomic E-state index is 10.2. The molecule has 0 amide bonds. The van der Waals surface area contributed by atoms with E-state index in [0.717, 1.165) is 6.08 Å². The summed E-state index contributed by atoms with van der Waals surface area (Å²) in [6.07, 6.45) is 2.30. The van der Waals surface area contributed by atoms with Crippen LogP contribution in [0.2, 0.25) is 0 Å². The first-order valence-corrected chi connectivity index (χ1v) is 4.71. The first-order valence-electron chi connectivity index (χ1n) is 3.63. The van der Waals surface area contributed by atoms with Gasteiger partial charge < -0.3 is 15.3 Å². The van der Waals surface area contributed by atoms with Gasteiger partial charge in [0.05, 0.1) is 3.57 Å². The van der Waals surface area contributed by atoms with Gasteiger partial charge in [-0.2, -0.15) is 0 Å². The zero-order valence-electron chi connectivity index (χ0n) is 6.94. The number of phenols is 2. The van der Waals surface area contributed by atoms with E-state index in [1.807, 2.05) is 22.6 Å². The Kier molecular flexibility index (Phi) is 3.34. The average Bonchev–Trinajstić information content (AvgIpc) is 2.10. The fraction of sp³-hybridized carbons (Fsp3) is 0. The van der Waals surface area contributed by atoms with Crippen molar-refractivity contribution in [2.24, 2.45) is 0 Å². The Morgan fingerprint density at radius 3 is 2.50 bits per heavy atom. The van der Waals surface area contributed by atoms with Crippen molar-refractivity contribution in [1.82, 2.24) is 0 Å². The molecule has 0 atom stereocenters. The largest absolute Gasteiger partial charge is 0.504 e. The van der Waals surface area contributed by atoms with Crippen LogP contribution in [-0.4, -0.2) is 21.3 Å². The van der Waals surface area contributed by atoms with E-state index < -0.39 is 5.97 Å². The van der Waals surface area contributed by atoms with E-state index in [9.17, 15) is 15.0 Å². The lowest BCUT2D eigenvalue weighted by atomic mass is 10.2. The summed E-state index contributed by atoms with van der Waals surface area (Å²) in [6, 6.07) is 2.85. The third kappa shape index (κ3) is 2.63. The molecule has 0 aliphatic carbocycles. The number of aromatic hydroxyl groups is 2. The van der Waals surface area contributed by atoms with Crippen LogP contribution in [0.5, 0.6) is 11.5 Å². The van der Waals surface area contributed by atoms with Crippen molar-refractivity contribution < 1.29 is 20.1 Å². The second-order valence-corrected chi connectivity index (χ2v) is 3.70. The molecule has 0 saturated carbocycles. The first kappa shape index (κ1) is 10.8. The zero-order chi connectivity index (χ0) is 10.7. The highest BCUT2D eigenvalue weighted by molar-refractivity contribution is 14.1. The molecule has 0 saturated heterocycles. The highest BCUT2D eigenvalue weighted by Gasteiger charge is 2.04. The van der Waals surface area contributed by atoms with E-state index in [2.05, 4.69) is 0 Å². The van der Waals surface area contributed by atoms with E-state index in [0.29, 0.717) is 9.13 Å². The van der Waals surface area contributed by atoms with Crippen molar-refractivity contribution in [1.29, 1.82) is 0 Å². The number of carboxylic acid groups (broad SMARTS) is 1. The van der Waals surface area contributed by atoms with Gasteiger partial charge >= 0.3 is 5.97 Å². The summed E-state index contributed by atoms with van der Waals surface area (Å²) in [4.78, 5) is 10.2. The second kappa shape index (κ2) is 4.32. The minimum Gasteiger partial charge on any atom is -0.504 e. The summed E-state index contributed by atoms with van der Waals surface area (Å²) in [5.74, 6) is -1.52. The summed E-state index contributed by atoms with van der Waals surface area (Å²) < 4.78 is 0.465. The lowest BCUT2D eigenvalue weighted by Crippen LogP contribution is -1.86. The predicted octanol–water partition coefficient (Wildman–Crippen LogP) is 1.80. The third-order valence-electron chi connectivity index (χ3n) is 1.48. The lowest BCUT2D eigenvalue weighted by Gasteiger charge is -2.01.